The monoisotopic (exact) mass is 281 g/mol. The van der Waals surface area contributed by atoms with Crippen LogP contribution in [0.15, 0.2) is 0 Å². The third kappa shape index (κ3) is 3.85. The molecular weight excluding hydrogens is 254 g/mol. The molecule has 116 valence electrons. The predicted octanol–water partition coefficient (Wildman–Crippen LogP) is -2.28. The van der Waals surface area contributed by atoms with Gasteiger partial charge >= 0.3 is 0 Å². The fourth-order valence-corrected chi connectivity index (χ4v) is 2.43. The molecule has 0 aliphatic rings. The minimum atomic E-state index is -1.50. The smallest absolute Gasteiger partial charge is 0.0969 e. The van der Waals surface area contributed by atoms with Crippen LogP contribution in [-0.4, -0.2) is 86.4 Å². The first-order valence-corrected chi connectivity index (χ1v) is 6.35. The average Bonchev–Trinajstić information content (AvgIpc) is 2.42. The lowest BCUT2D eigenvalue weighted by molar-refractivity contribution is -0.164. The van der Waals surface area contributed by atoms with Crippen LogP contribution in [0, 0.1) is 5.92 Å². The van der Waals surface area contributed by atoms with Crippen molar-refractivity contribution in [1.29, 1.82) is 0 Å². The van der Waals surface area contributed by atoms with E-state index in [-0.39, 0.29) is 5.92 Å². The number of nitrogens with zero attached hydrogens (tertiary/aromatic N) is 1. The molecule has 0 saturated heterocycles. The molecule has 0 unspecified atom stereocenters. The van der Waals surface area contributed by atoms with E-state index in [4.69, 9.17) is 0 Å². The second-order valence-corrected chi connectivity index (χ2v) is 5.41. The number of aliphatic hydroxyl groups is 6. The van der Waals surface area contributed by atoms with E-state index in [1.165, 1.54) is 4.90 Å². The summed E-state index contributed by atoms with van der Waals surface area (Å²) < 4.78 is 0. The van der Waals surface area contributed by atoms with Gasteiger partial charge in [-0.3, -0.25) is 4.90 Å². The van der Waals surface area contributed by atoms with Crippen molar-refractivity contribution >= 4 is 0 Å². The summed E-state index contributed by atoms with van der Waals surface area (Å²) in [7, 11) is 0. The molecular formula is C12H27NO6. The Labute approximate surface area is 113 Å². The second kappa shape index (κ2) is 8.11. The molecule has 6 N–H and O–H groups in total. The van der Waals surface area contributed by atoms with Crippen LogP contribution in [0.2, 0.25) is 0 Å². The second-order valence-electron chi connectivity index (χ2n) is 5.41. The lowest BCUT2D eigenvalue weighted by atomic mass is 9.84. The van der Waals surface area contributed by atoms with Crippen molar-refractivity contribution in [3.8, 4) is 0 Å². The number of hydrogen-bond donors (Lipinski definition) is 6. The third-order valence-corrected chi connectivity index (χ3v) is 3.55. The summed E-state index contributed by atoms with van der Waals surface area (Å²) in [4.78, 5) is 1.18. The molecule has 0 spiro atoms. The van der Waals surface area contributed by atoms with Crippen molar-refractivity contribution in [3.63, 3.8) is 0 Å². The standard InChI is InChI=1S/C12H27NO6/c1-10(2)3-11(4-14,5-15)13(9-19)12(6-16,7-17)8-18/h10,14-19H,3-9H2,1-2H3. The van der Waals surface area contributed by atoms with E-state index in [1.54, 1.807) is 0 Å². The van der Waals surface area contributed by atoms with E-state index in [9.17, 15) is 30.6 Å². The van der Waals surface area contributed by atoms with Gasteiger partial charge in [0.05, 0.1) is 50.8 Å². The quantitative estimate of drug-likeness (QED) is 0.249. The fourth-order valence-electron chi connectivity index (χ4n) is 2.43. The highest BCUT2D eigenvalue weighted by atomic mass is 16.3. The van der Waals surface area contributed by atoms with Gasteiger partial charge in [-0.25, -0.2) is 0 Å². The molecule has 0 fully saturated rings. The van der Waals surface area contributed by atoms with Crippen LogP contribution in [0.5, 0.6) is 0 Å². The number of aliphatic hydroxyl groups excluding tert-OH is 6. The first kappa shape index (κ1) is 18.7. The predicted molar refractivity (Wildman–Crippen MR) is 69.3 cm³/mol. The van der Waals surface area contributed by atoms with Gasteiger partial charge in [-0.1, -0.05) is 13.8 Å². The average molecular weight is 281 g/mol. The maximum Gasteiger partial charge on any atom is 0.0969 e. The van der Waals surface area contributed by atoms with Crippen molar-refractivity contribution in [2.24, 2.45) is 5.92 Å². The summed E-state index contributed by atoms with van der Waals surface area (Å²) in [6.07, 6.45) is 0.336. The molecule has 7 heteroatoms. The van der Waals surface area contributed by atoms with Gasteiger partial charge in [-0.2, -0.15) is 0 Å². The van der Waals surface area contributed by atoms with Crippen molar-refractivity contribution in [3.05, 3.63) is 0 Å². The van der Waals surface area contributed by atoms with Gasteiger partial charge in [0.1, 0.15) is 0 Å². The minimum absolute atomic E-state index is 0.0992. The molecule has 0 radical (unpaired) electrons. The van der Waals surface area contributed by atoms with Gasteiger partial charge in [-0.15, -0.1) is 0 Å². The van der Waals surface area contributed by atoms with Crippen molar-refractivity contribution in [1.82, 2.24) is 4.90 Å². The highest BCUT2D eigenvalue weighted by Gasteiger charge is 2.47. The SMILES string of the molecule is CC(C)CC(CO)(CO)N(CO)C(CO)(CO)CO. The highest BCUT2D eigenvalue weighted by molar-refractivity contribution is 5.00. The highest BCUT2D eigenvalue weighted by Crippen LogP contribution is 2.30. The topological polar surface area (TPSA) is 125 Å². The Morgan fingerprint density at radius 1 is 0.737 bits per heavy atom. The first-order valence-electron chi connectivity index (χ1n) is 6.35. The molecule has 0 heterocycles. The molecule has 0 aliphatic heterocycles. The van der Waals surface area contributed by atoms with Crippen molar-refractivity contribution < 1.29 is 30.6 Å². The number of hydrogen-bond acceptors (Lipinski definition) is 7. The summed E-state index contributed by atoms with van der Waals surface area (Å²) in [6, 6.07) is 0. The molecule has 0 aliphatic carbocycles. The summed E-state index contributed by atoms with van der Waals surface area (Å²) in [6.45, 7) is 0.382. The van der Waals surface area contributed by atoms with Crippen LogP contribution in [-0.2, 0) is 0 Å². The van der Waals surface area contributed by atoms with E-state index in [2.05, 4.69) is 0 Å². The van der Waals surface area contributed by atoms with E-state index < -0.39 is 50.8 Å². The summed E-state index contributed by atoms with van der Waals surface area (Å²) in [5, 5.41) is 57.1. The maximum absolute atomic E-state index is 9.62. The van der Waals surface area contributed by atoms with Gasteiger partial charge in [0.2, 0.25) is 0 Å². The van der Waals surface area contributed by atoms with Crippen LogP contribution < -0.4 is 0 Å². The fraction of sp³-hybridized carbons (Fsp3) is 1.00. The Morgan fingerprint density at radius 3 is 1.32 bits per heavy atom. The largest absolute Gasteiger partial charge is 0.394 e. The molecule has 0 saturated carbocycles. The molecule has 0 bridgehead atoms. The van der Waals surface area contributed by atoms with Crippen LogP contribution in [0.1, 0.15) is 20.3 Å². The molecule has 0 aromatic rings. The zero-order chi connectivity index (χ0) is 15.1. The van der Waals surface area contributed by atoms with Gasteiger partial charge in [0, 0.05) is 0 Å². The Bertz CT molecular complexity index is 232. The van der Waals surface area contributed by atoms with Crippen LogP contribution in [0.4, 0.5) is 0 Å². The maximum atomic E-state index is 9.62. The Morgan fingerprint density at radius 2 is 1.11 bits per heavy atom. The molecule has 0 atom stereocenters. The lowest BCUT2D eigenvalue weighted by Crippen LogP contribution is -2.69. The normalized spacial score (nSPS) is 13.6. The van der Waals surface area contributed by atoms with E-state index in [0.29, 0.717) is 6.42 Å². The van der Waals surface area contributed by atoms with Crippen LogP contribution >= 0.6 is 0 Å². The van der Waals surface area contributed by atoms with E-state index >= 15 is 0 Å². The minimum Gasteiger partial charge on any atom is -0.394 e. The molecule has 0 amide bonds. The van der Waals surface area contributed by atoms with Gasteiger partial charge in [0.15, 0.2) is 0 Å². The van der Waals surface area contributed by atoms with E-state index in [1.807, 2.05) is 13.8 Å². The zero-order valence-corrected chi connectivity index (χ0v) is 11.7. The van der Waals surface area contributed by atoms with Crippen LogP contribution in [0.3, 0.4) is 0 Å². The number of rotatable bonds is 10. The van der Waals surface area contributed by atoms with Gasteiger partial charge in [0.25, 0.3) is 0 Å². The third-order valence-electron chi connectivity index (χ3n) is 3.55. The zero-order valence-electron chi connectivity index (χ0n) is 11.7. The molecule has 7 nitrogen and oxygen atoms in total. The van der Waals surface area contributed by atoms with Crippen molar-refractivity contribution in [2.45, 2.75) is 31.3 Å². The van der Waals surface area contributed by atoms with Crippen molar-refractivity contribution in [2.75, 3.05) is 39.8 Å². The van der Waals surface area contributed by atoms with Gasteiger partial charge in [-0.05, 0) is 12.3 Å². The summed E-state index contributed by atoms with van der Waals surface area (Å²) in [5.74, 6) is 0.0992. The Hall–Kier alpha value is -0.280. The first-order chi connectivity index (χ1) is 8.91. The lowest BCUT2D eigenvalue weighted by Gasteiger charge is -2.50. The molecule has 0 aromatic carbocycles. The molecule has 19 heavy (non-hydrogen) atoms. The summed E-state index contributed by atoms with van der Waals surface area (Å²) in [5.41, 5.74) is -2.73. The van der Waals surface area contributed by atoms with E-state index in [0.717, 1.165) is 0 Å². The molecule has 0 rings (SSSR count). The Kier molecular flexibility index (Phi) is 7.99. The van der Waals surface area contributed by atoms with Crippen LogP contribution in [0.25, 0.3) is 0 Å². The Balaban J connectivity index is 5.56. The summed E-state index contributed by atoms with van der Waals surface area (Å²) >= 11 is 0. The van der Waals surface area contributed by atoms with Gasteiger partial charge < -0.3 is 30.6 Å². The molecule has 0 aromatic heterocycles.